The summed E-state index contributed by atoms with van der Waals surface area (Å²) < 4.78 is 18.2. The minimum Gasteiger partial charge on any atom is -0.493 e. The second kappa shape index (κ2) is 5.49. The van der Waals surface area contributed by atoms with E-state index in [0.29, 0.717) is 12.5 Å². The van der Waals surface area contributed by atoms with Gasteiger partial charge in [0.05, 0.1) is 6.61 Å². The summed E-state index contributed by atoms with van der Waals surface area (Å²) in [5.41, 5.74) is -0.00911. The number of aromatic carboxylic acids is 1. The van der Waals surface area contributed by atoms with Crippen LogP contribution in [0.1, 0.15) is 30.6 Å². The molecule has 0 saturated carbocycles. The van der Waals surface area contributed by atoms with E-state index < -0.39 is 11.8 Å². The summed E-state index contributed by atoms with van der Waals surface area (Å²) in [6.07, 6.45) is 0.801. The summed E-state index contributed by atoms with van der Waals surface area (Å²) >= 11 is 0. The average molecular weight is 226 g/mol. The first-order valence-electron chi connectivity index (χ1n) is 5.16. The van der Waals surface area contributed by atoms with Crippen molar-refractivity contribution < 1.29 is 19.0 Å². The Morgan fingerprint density at radius 2 is 2.19 bits per heavy atom. The number of rotatable bonds is 5. The maximum atomic E-state index is 12.9. The zero-order valence-electron chi connectivity index (χ0n) is 9.37. The summed E-state index contributed by atoms with van der Waals surface area (Å²) in [7, 11) is 0. The molecule has 1 rings (SSSR count). The fraction of sp³-hybridized carbons (Fsp3) is 0.417. The topological polar surface area (TPSA) is 46.5 Å². The molecule has 1 N–H and O–H groups in total. The van der Waals surface area contributed by atoms with Crippen molar-refractivity contribution in [1.82, 2.24) is 0 Å². The Labute approximate surface area is 93.9 Å². The molecule has 0 aliphatic carbocycles. The SMILES string of the molecule is CC(C)CCOc1cc(F)ccc1C(=O)O. The number of halogens is 1. The summed E-state index contributed by atoms with van der Waals surface area (Å²) in [6.45, 7) is 4.46. The maximum Gasteiger partial charge on any atom is 0.339 e. The smallest absolute Gasteiger partial charge is 0.339 e. The van der Waals surface area contributed by atoms with Gasteiger partial charge in [-0.05, 0) is 24.5 Å². The number of carbonyl (C=O) groups is 1. The molecule has 88 valence electrons. The molecule has 0 amide bonds. The van der Waals surface area contributed by atoms with Crippen molar-refractivity contribution in [3.63, 3.8) is 0 Å². The minimum atomic E-state index is -1.11. The van der Waals surface area contributed by atoms with Crippen molar-refractivity contribution in [2.45, 2.75) is 20.3 Å². The highest BCUT2D eigenvalue weighted by Gasteiger charge is 2.12. The average Bonchev–Trinajstić information content (AvgIpc) is 2.16. The van der Waals surface area contributed by atoms with Gasteiger partial charge in [-0.15, -0.1) is 0 Å². The molecule has 0 spiro atoms. The minimum absolute atomic E-state index is 0.00911. The van der Waals surface area contributed by atoms with Crippen LogP contribution in [0.2, 0.25) is 0 Å². The van der Waals surface area contributed by atoms with Crippen molar-refractivity contribution in [2.75, 3.05) is 6.61 Å². The van der Waals surface area contributed by atoms with E-state index in [0.717, 1.165) is 18.6 Å². The van der Waals surface area contributed by atoms with Crippen LogP contribution >= 0.6 is 0 Å². The number of ether oxygens (including phenoxy) is 1. The monoisotopic (exact) mass is 226 g/mol. The molecule has 0 aliphatic heterocycles. The predicted molar refractivity (Wildman–Crippen MR) is 58.3 cm³/mol. The van der Waals surface area contributed by atoms with Crippen LogP contribution in [-0.2, 0) is 0 Å². The third kappa shape index (κ3) is 3.53. The van der Waals surface area contributed by atoms with Crippen molar-refractivity contribution in [3.05, 3.63) is 29.6 Å². The number of benzene rings is 1. The van der Waals surface area contributed by atoms with E-state index in [9.17, 15) is 9.18 Å². The van der Waals surface area contributed by atoms with Crippen LogP contribution in [0.4, 0.5) is 4.39 Å². The largest absolute Gasteiger partial charge is 0.493 e. The molecule has 1 aromatic rings. The summed E-state index contributed by atoms with van der Waals surface area (Å²) in [5.74, 6) is -1.06. The molecule has 1 aromatic carbocycles. The fourth-order valence-electron chi connectivity index (χ4n) is 1.20. The maximum absolute atomic E-state index is 12.9. The molecule has 0 saturated heterocycles. The van der Waals surface area contributed by atoms with Gasteiger partial charge >= 0.3 is 5.97 Å². The first-order valence-corrected chi connectivity index (χ1v) is 5.16. The van der Waals surface area contributed by atoms with E-state index >= 15 is 0 Å². The number of hydrogen-bond donors (Lipinski definition) is 1. The molecule has 0 radical (unpaired) electrons. The molecule has 3 nitrogen and oxygen atoms in total. The first kappa shape index (κ1) is 12.5. The summed E-state index contributed by atoms with van der Waals surface area (Å²) in [6, 6.07) is 3.42. The van der Waals surface area contributed by atoms with Gasteiger partial charge in [-0.25, -0.2) is 9.18 Å². The van der Waals surface area contributed by atoms with Crippen LogP contribution in [-0.4, -0.2) is 17.7 Å². The van der Waals surface area contributed by atoms with Crippen molar-refractivity contribution in [1.29, 1.82) is 0 Å². The van der Waals surface area contributed by atoms with Crippen molar-refractivity contribution in [3.8, 4) is 5.75 Å². The zero-order valence-corrected chi connectivity index (χ0v) is 9.37. The van der Waals surface area contributed by atoms with Gasteiger partial charge in [0.25, 0.3) is 0 Å². The Morgan fingerprint density at radius 1 is 1.50 bits per heavy atom. The third-order valence-electron chi connectivity index (χ3n) is 2.13. The van der Waals surface area contributed by atoms with Crippen LogP contribution in [0, 0.1) is 11.7 Å². The second-order valence-electron chi connectivity index (χ2n) is 3.98. The fourth-order valence-corrected chi connectivity index (χ4v) is 1.20. The van der Waals surface area contributed by atoms with E-state index in [1.165, 1.54) is 6.07 Å². The van der Waals surface area contributed by atoms with Crippen LogP contribution in [0.15, 0.2) is 18.2 Å². The highest BCUT2D eigenvalue weighted by Crippen LogP contribution is 2.20. The Morgan fingerprint density at radius 3 is 2.75 bits per heavy atom. The van der Waals surface area contributed by atoms with Gasteiger partial charge in [-0.3, -0.25) is 0 Å². The highest BCUT2D eigenvalue weighted by molar-refractivity contribution is 5.90. The number of carboxylic acids is 1. The molecule has 16 heavy (non-hydrogen) atoms. The Hall–Kier alpha value is -1.58. The normalized spacial score (nSPS) is 10.5. The van der Waals surface area contributed by atoms with Crippen LogP contribution in [0.3, 0.4) is 0 Å². The molecule has 0 fully saturated rings. The van der Waals surface area contributed by atoms with Gasteiger partial charge in [-0.2, -0.15) is 0 Å². The van der Waals surface area contributed by atoms with Crippen molar-refractivity contribution in [2.24, 2.45) is 5.92 Å². The second-order valence-corrected chi connectivity index (χ2v) is 3.98. The lowest BCUT2D eigenvalue weighted by Crippen LogP contribution is -2.06. The molecule has 4 heteroatoms. The Bertz CT molecular complexity index is 375. The van der Waals surface area contributed by atoms with Crippen LogP contribution in [0.5, 0.6) is 5.75 Å². The van der Waals surface area contributed by atoms with Gasteiger partial charge in [0.2, 0.25) is 0 Å². The van der Waals surface area contributed by atoms with Gasteiger partial charge in [0.1, 0.15) is 17.1 Å². The van der Waals surface area contributed by atoms with Crippen molar-refractivity contribution >= 4 is 5.97 Å². The molecule has 0 bridgehead atoms. The molecule has 0 aromatic heterocycles. The lowest BCUT2D eigenvalue weighted by atomic mass is 10.1. The molecular formula is C12H15FO3. The van der Waals surface area contributed by atoms with E-state index in [4.69, 9.17) is 9.84 Å². The molecule has 0 unspecified atom stereocenters. The lowest BCUT2D eigenvalue weighted by molar-refractivity contribution is 0.0692. The van der Waals surface area contributed by atoms with E-state index in [2.05, 4.69) is 0 Å². The van der Waals surface area contributed by atoms with Gasteiger partial charge < -0.3 is 9.84 Å². The standard InChI is InChI=1S/C12H15FO3/c1-8(2)5-6-16-11-7-9(13)3-4-10(11)12(14)15/h3-4,7-8H,5-6H2,1-2H3,(H,14,15). The molecule has 0 atom stereocenters. The van der Waals surface area contributed by atoms with Gasteiger partial charge in [-0.1, -0.05) is 13.8 Å². The Balaban J connectivity index is 2.76. The molecular weight excluding hydrogens is 211 g/mol. The van der Waals surface area contributed by atoms with Gasteiger partial charge in [0, 0.05) is 6.07 Å². The zero-order chi connectivity index (χ0) is 12.1. The van der Waals surface area contributed by atoms with E-state index in [-0.39, 0.29) is 11.3 Å². The number of carboxylic acid groups (broad SMARTS) is 1. The Kier molecular flexibility index (Phi) is 4.28. The summed E-state index contributed by atoms with van der Waals surface area (Å²) in [4.78, 5) is 10.8. The molecule has 0 aliphatic rings. The van der Waals surface area contributed by atoms with Crippen LogP contribution < -0.4 is 4.74 Å². The van der Waals surface area contributed by atoms with Crippen LogP contribution in [0.25, 0.3) is 0 Å². The van der Waals surface area contributed by atoms with E-state index in [1.807, 2.05) is 13.8 Å². The number of hydrogen-bond acceptors (Lipinski definition) is 2. The summed E-state index contributed by atoms with van der Waals surface area (Å²) in [5, 5.41) is 8.86. The van der Waals surface area contributed by atoms with E-state index in [1.54, 1.807) is 0 Å². The predicted octanol–water partition coefficient (Wildman–Crippen LogP) is 2.95. The highest BCUT2D eigenvalue weighted by atomic mass is 19.1. The van der Waals surface area contributed by atoms with Gasteiger partial charge in [0.15, 0.2) is 0 Å². The third-order valence-corrected chi connectivity index (χ3v) is 2.13. The first-order chi connectivity index (χ1) is 7.50. The quantitative estimate of drug-likeness (QED) is 0.839. The molecule has 0 heterocycles. The lowest BCUT2D eigenvalue weighted by Gasteiger charge is -2.10.